The van der Waals surface area contributed by atoms with Crippen LogP contribution in [-0.4, -0.2) is 60.6 Å². The van der Waals surface area contributed by atoms with E-state index in [-0.39, 0.29) is 12.5 Å². The number of hydrogen-bond donors (Lipinski definition) is 1. The number of ether oxygens (including phenoxy) is 1. The van der Waals surface area contributed by atoms with Gasteiger partial charge in [-0.1, -0.05) is 35.6 Å². The number of fused-ring (bicyclic) bond motifs is 1. The van der Waals surface area contributed by atoms with Crippen molar-refractivity contribution in [1.82, 2.24) is 20.1 Å². The fourth-order valence-electron chi connectivity index (χ4n) is 4.21. The highest BCUT2D eigenvalue weighted by Crippen LogP contribution is 2.32. The summed E-state index contributed by atoms with van der Waals surface area (Å²) in [4.78, 5) is 21.7. The fourth-order valence-corrected chi connectivity index (χ4v) is 5.16. The number of anilines is 2. The smallest absolute Gasteiger partial charge is 0.239 e. The molecule has 9 heteroatoms. The van der Waals surface area contributed by atoms with Gasteiger partial charge in [0.2, 0.25) is 5.91 Å². The topological polar surface area (TPSA) is 75.5 Å². The van der Waals surface area contributed by atoms with Crippen molar-refractivity contribution in [3.8, 4) is 5.69 Å². The Bertz CT molecular complexity index is 1320. The van der Waals surface area contributed by atoms with Crippen molar-refractivity contribution in [2.75, 3.05) is 49.7 Å². The van der Waals surface area contributed by atoms with Crippen molar-refractivity contribution in [3.63, 3.8) is 0 Å². The molecule has 0 saturated carbocycles. The predicted octanol–water partition coefficient (Wildman–Crippen LogP) is 3.69. The molecule has 0 radical (unpaired) electrons. The van der Waals surface area contributed by atoms with Crippen LogP contribution < -0.4 is 15.1 Å². The summed E-state index contributed by atoms with van der Waals surface area (Å²) in [5.74, 6) is -0.0407. The third kappa shape index (κ3) is 5.16. The summed E-state index contributed by atoms with van der Waals surface area (Å²) in [7, 11) is 1.90. The van der Waals surface area contributed by atoms with Crippen molar-refractivity contribution in [2.24, 2.45) is 0 Å². The molecule has 182 valence electrons. The van der Waals surface area contributed by atoms with E-state index in [0.717, 1.165) is 58.7 Å². The second kappa shape index (κ2) is 10.1. The molecule has 1 N–H and O–H groups in total. The van der Waals surface area contributed by atoms with Crippen molar-refractivity contribution in [1.29, 1.82) is 0 Å². The lowest BCUT2D eigenvalue weighted by atomic mass is 10.2. The first-order valence-electron chi connectivity index (χ1n) is 11.8. The lowest BCUT2D eigenvalue weighted by Crippen LogP contribution is -2.36. The SMILES string of the molecule is Cc1cccc(-n2nc(C)c3sc(N(C)CC(=O)NCc4ccc(N5CCOCC5)cc4)nc32)c1. The quantitative estimate of drug-likeness (QED) is 0.426. The number of nitrogens with one attached hydrogen (secondary N) is 1. The number of aryl methyl sites for hydroxylation is 2. The minimum atomic E-state index is -0.0407. The van der Waals surface area contributed by atoms with Gasteiger partial charge in [0.05, 0.1) is 35.8 Å². The Hall–Kier alpha value is -3.43. The molecule has 3 heterocycles. The summed E-state index contributed by atoms with van der Waals surface area (Å²) >= 11 is 1.56. The molecule has 2 aromatic heterocycles. The third-order valence-electron chi connectivity index (χ3n) is 6.13. The summed E-state index contributed by atoms with van der Waals surface area (Å²) in [6, 6.07) is 16.6. The molecule has 0 aliphatic carbocycles. The molecular formula is C26H30N6O2S. The lowest BCUT2D eigenvalue weighted by Gasteiger charge is -2.28. The molecule has 0 unspecified atom stereocenters. The fraction of sp³-hybridized carbons (Fsp3) is 0.346. The predicted molar refractivity (Wildman–Crippen MR) is 141 cm³/mol. The highest BCUT2D eigenvalue weighted by atomic mass is 32.1. The van der Waals surface area contributed by atoms with Crippen LogP contribution in [0.2, 0.25) is 0 Å². The number of rotatable bonds is 7. The number of benzene rings is 2. The van der Waals surface area contributed by atoms with Gasteiger partial charge in [0, 0.05) is 32.4 Å². The molecule has 0 spiro atoms. The summed E-state index contributed by atoms with van der Waals surface area (Å²) in [6.07, 6.45) is 0. The van der Waals surface area contributed by atoms with E-state index >= 15 is 0 Å². The minimum Gasteiger partial charge on any atom is -0.378 e. The Morgan fingerprint density at radius 1 is 1.11 bits per heavy atom. The van der Waals surface area contributed by atoms with Gasteiger partial charge in [0.25, 0.3) is 0 Å². The molecule has 0 atom stereocenters. The zero-order valence-electron chi connectivity index (χ0n) is 20.3. The van der Waals surface area contributed by atoms with Crippen LogP contribution in [0.15, 0.2) is 48.5 Å². The van der Waals surface area contributed by atoms with E-state index < -0.39 is 0 Å². The molecule has 5 rings (SSSR count). The van der Waals surface area contributed by atoms with E-state index in [9.17, 15) is 4.79 Å². The van der Waals surface area contributed by atoms with E-state index in [0.29, 0.717) is 6.54 Å². The van der Waals surface area contributed by atoms with E-state index in [1.807, 2.05) is 35.7 Å². The largest absolute Gasteiger partial charge is 0.378 e. The van der Waals surface area contributed by atoms with E-state index in [4.69, 9.17) is 9.72 Å². The maximum Gasteiger partial charge on any atom is 0.239 e. The monoisotopic (exact) mass is 490 g/mol. The summed E-state index contributed by atoms with van der Waals surface area (Å²) in [6.45, 7) is 8.15. The van der Waals surface area contributed by atoms with E-state index in [1.165, 1.54) is 11.3 Å². The van der Waals surface area contributed by atoms with E-state index in [2.05, 4.69) is 58.6 Å². The maximum absolute atomic E-state index is 12.6. The number of nitrogens with zero attached hydrogens (tertiary/aromatic N) is 5. The number of amides is 1. The van der Waals surface area contributed by atoms with Crippen LogP contribution in [0.3, 0.4) is 0 Å². The Morgan fingerprint density at radius 2 is 1.89 bits per heavy atom. The highest BCUT2D eigenvalue weighted by molar-refractivity contribution is 7.22. The van der Waals surface area contributed by atoms with Gasteiger partial charge in [0.1, 0.15) is 0 Å². The number of aromatic nitrogens is 3. The van der Waals surface area contributed by atoms with E-state index in [1.54, 1.807) is 11.3 Å². The number of hydrogen-bond acceptors (Lipinski definition) is 7. The van der Waals surface area contributed by atoms with Crippen LogP contribution in [0.25, 0.3) is 16.0 Å². The van der Waals surface area contributed by atoms with Crippen LogP contribution in [0.5, 0.6) is 0 Å². The normalized spacial score (nSPS) is 13.9. The van der Waals surface area contributed by atoms with Crippen molar-refractivity contribution in [2.45, 2.75) is 20.4 Å². The molecule has 1 aliphatic heterocycles. The zero-order valence-corrected chi connectivity index (χ0v) is 21.1. The Labute approximate surface area is 209 Å². The number of thiazole rings is 1. The Balaban J connectivity index is 1.21. The van der Waals surface area contributed by atoms with Gasteiger partial charge in [0.15, 0.2) is 10.8 Å². The van der Waals surface area contributed by atoms with Crippen LogP contribution in [0, 0.1) is 13.8 Å². The molecule has 2 aromatic carbocycles. The van der Waals surface area contributed by atoms with Gasteiger partial charge in [-0.2, -0.15) is 10.1 Å². The molecule has 0 bridgehead atoms. The molecule has 35 heavy (non-hydrogen) atoms. The van der Waals surface area contributed by atoms with Gasteiger partial charge < -0.3 is 19.9 Å². The second-order valence-corrected chi connectivity index (χ2v) is 9.86. The third-order valence-corrected chi connectivity index (χ3v) is 7.40. The van der Waals surface area contributed by atoms with Gasteiger partial charge in [-0.05, 0) is 49.2 Å². The first-order valence-corrected chi connectivity index (χ1v) is 12.6. The molecule has 8 nitrogen and oxygen atoms in total. The van der Waals surface area contributed by atoms with Crippen LogP contribution in [0.4, 0.5) is 10.8 Å². The second-order valence-electron chi connectivity index (χ2n) is 8.88. The van der Waals surface area contributed by atoms with Crippen molar-refractivity contribution >= 4 is 38.4 Å². The summed E-state index contributed by atoms with van der Waals surface area (Å²) in [5.41, 5.74) is 6.18. The van der Waals surface area contributed by atoms with Crippen molar-refractivity contribution in [3.05, 3.63) is 65.4 Å². The van der Waals surface area contributed by atoms with Crippen molar-refractivity contribution < 1.29 is 9.53 Å². The number of carbonyl (C=O) groups excluding carboxylic acids is 1. The standard InChI is InChI=1S/C26H30N6O2S/c1-18-5-4-6-22(15-18)32-25-24(19(2)29-32)35-26(28-25)30(3)17-23(33)27-16-20-7-9-21(10-8-20)31-11-13-34-14-12-31/h4-10,15H,11-14,16-17H2,1-3H3,(H,27,33). The van der Waals surface area contributed by atoms with Gasteiger partial charge >= 0.3 is 0 Å². The van der Waals surface area contributed by atoms with Crippen LogP contribution in [0.1, 0.15) is 16.8 Å². The van der Waals surface area contributed by atoms with Gasteiger partial charge in [-0.3, -0.25) is 4.79 Å². The minimum absolute atomic E-state index is 0.0407. The molecule has 1 saturated heterocycles. The zero-order chi connectivity index (χ0) is 24.4. The average Bonchev–Trinajstić information content (AvgIpc) is 3.44. The summed E-state index contributed by atoms with van der Waals surface area (Å²) < 4.78 is 8.34. The van der Waals surface area contributed by atoms with Gasteiger partial charge in [-0.25, -0.2) is 4.68 Å². The molecule has 1 amide bonds. The molecule has 4 aromatic rings. The first kappa shape index (κ1) is 23.3. The average molecular weight is 491 g/mol. The highest BCUT2D eigenvalue weighted by Gasteiger charge is 2.18. The number of likely N-dealkylation sites (N-methyl/N-ethyl adjacent to an activating group) is 1. The molecule has 1 fully saturated rings. The van der Waals surface area contributed by atoms with Gasteiger partial charge in [-0.15, -0.1) is 0 Å². The number of morpholine rings is 1. The molecular weight excluding hydrogens is 460 g/mol. The summed E-state index contributed by atoms with van der Waals surface area (Å²) in [5, 5.41) is 8.50. The Morgan fingerprint density at radius 3 is 2.63 bits per heavy atom. The first-order chi connectivity index (χ1) is 17.0. The lowest BCUT2D eigenvalue weighted by molar-refractivity contribution is -0.119. The number of carbonyl (C=O) groups is 1. The van der Waals surface area contributed by atoms with Crippen LogP contribution in [-0.2, 0) is 16.1 Å². The molecule has 1 aliphatic rings. The van der Waals surface area contributed by atoms with Crippen LogP contribution >= 0.6 is 11.3 Å². The maximum atomic E-state index is 12.6. The Kier molecular flexibility index (Phi) is 6.70.